The van der Waals surface area contributed by atoms with E-state index in [1.165, 1.54) is 17.0 Å². The van der Waals surface area contributed by atoms with E-state index in [1.54, 1.807) is 42.5 Å². The van der Waals surface area contributed by atoms with Crippen LogP contribution in [0.25, 0.3) is 0 Å². The molecule has 9 heteroatoms. The summed E-state index contributed by atoms with van der Waals surface area (Å²) in [6.45, 7) is 7.61. The molecule has 8 nitrogen and oxygen atoms in total. The number of amides is 2. The molecule has 4 aromatic rings. The first-order valence-electron chi connectivity index (χ1n) is 15.1. The van der Waals surface area contributed by atoms with Gasteiger partial charge >= 0.3 is 0 Å². The Bertz CT molecular complexity index is 1660. The number of hydrogen-bond acceptors (Lipinski definition) is 5. The van der Waals surface area contributed by atoms with Gasteiger partial charge in [0, 0.05) is 19.0 Å². The number of hydrogen-bond donors (Lipinski definition) is 1. The van der Waals surface area contributed by atoms with Crippen molar-refractivity contribution in [2.45, 2.75) is 57.6 Å². The highest BCUT2D eigenvalue weighted by molar-refractivity contribution is 7.92. The minimum Gasteiger partial charge on any atom is -0.494 e. The van der Waals surface area contributed by atoms with E-state index in [9.17, 15) is 18.0 Å². The van der Waals surface area contributed by atoms with E-state index in [2.05, 4.69) is 5.32 Å². The van der Waals surface area contributed by atoms with Crippen molar-refractivity contribution >= 4 is 27.5 Å². The number of sulfonamides is 1. The lowest BCUT2D eigenvalue weighted by molar-refractivity contribution is -0.140. The molecule has 0 aliphatic rings. The molecule has 0 heterocycles. The molecule has 1 unspecified atom stereocenters. The summed E-state index contributed by atoms with van der Waals surface area (Å²) in [5.41, 5.74) is 3.00. The fourth-order valence-electron chi connectivity index (χ4n) is 5.03. The molecule has 0 fully saturated rings. The molecule has 4 rings (SSSR count). The van der Waals surface area contributed by atoms with Gasteiger partial charge in [0.15, 0.2) is 0 Å². The maximum Gasteiger partial charge on any atom is 0.264 e. The summed E-state index contributed by atoms with van der Waals surface area (Å²) in [6, 6.07) is 30.7. The van der Waals surface area contributed by atoms with Crippen molar-refractivity contribution in [2.24, 2.45) is 0 Å². The van der Waals surface area contributed by atoms with Crippen molar-refractivity contribution in [3.05, 3.63) is 126 Å². The number of rotatable bonds is 14. The zero-order chi connectivity index (χ0) is 32.4. The highest BCUT2D eigenvalue weighted by Crippen LogP contribution is 2.27. The molecule has 0 bridgehead atoms. The van der Waals surface area contributed by atoms with E-state index in [0.717, 1.165) is 21.0 Å². The Morgan fingerprint density at radius 1 is 0.822 bits per heavy atom. The van der Waals surface area contributed by atoms with E-state index in [1.807, 2.05) is 82.3 Å². The van der Waals surface area contributed by atoms with Crippen LogP contribution < -0.4 is 14.4 Å². The molecule has 0 aliphatic heterocycles. The minimum absolute atomic E-state index is 0.0514. The highest BCUT2D eigenvalue weighted by Gasteiger charge is 2.35. The van der Waals surface area contributed by atoms with Gasteiger partial charge in [0.1, 0.15) is 18.3 Å². The molecule has 0 spiro atoms. The van der Waals surface area contributed by atoms with Crippen LogP contribution in [-0.4, -0.2) is 50.4 Å². The summed E-state index contributed by atoms with van der Waals surface area (Å²) in [5.74, 6) is -0.236. The maximum atomic E-state index is 14.5. The highest BCUT2D eigenvalue weighted by atomic mass is 32.2. The molecular formula is C36H41N3O5S. The lowest BCUT2D eigenvalue weighted by Gasteiger charge is -2.34. The number of benzene rings is 4. The second-order valence-electron chi connectivity index (χ2n) is 11.1. The van der Waals surface area contributed by atoms with Gasteiger partial charge in [-0.15, -0.1) is 0 Å². The number of aryl methyl sites for hydroxylation is 1. The van der Waals surface area contributed by atoms with Crippen molar-refractivity contribution in [3.8, 4) is 5.75 Å². The van der Waals surface area contributed by atoms with E-state index in [0.29, 0.717) is 18.0 Å². The number of ether oxygens (including phenoxy) is 1. The van der Waals surface area contributed by atoms with Crippen LogP contribution in [0.2, 0.25) is 0 Å². The van der Waals surface area contributed by atoms with Gasteiger partial charge in [0.25, 0.3) is 10.0 Å². The van der Waals surface area contributed by atoms with Crippen LogP contribution >= 0.6 is 0 Å². The van der Waals surface area contributed by atoms with E-state index < -0.39 is 28.5 Å². The molecule has 2 amide bonds. The van der Waals surface area contributed by atoms with Crippen molar-refractivity contribution in [3.63, 3.8) is 0 Å². The summed E-state index contributed by atoms with van der Waals surface area (Å²) in [5, 5.41) is 2.98. The average molecular weight is 628 g/mol. The minimum atomic E-state index is -4.17. The standard InChI is InChI=1S/C36H41N3O5S/c1-5-44-32-22-20-31(21-23-32)39(45(42,43)33-18-10-7-11-19-33)26-35(40)38(25-30-17-13-12-14-28(30)4)34(36(41)37-27(2)3)24-29-15-8-6-9-16-29/h6-23,27,34H,5,24-26H2,1-4H3,(H,37,41). The Morgan fingerprint density at radius 2 is 1.42 bits per heavy atom. The van der Waals surface area contributed by atoms with Crippen LogP contribution in [0.5, 0.6) is 5.75 Å². The Kier molecular flexibility index (Phi) is 11.4. The number of carbonyl (C=O) groups excluding carboxylic acids is 2. The summed E-state index contributed by atoms with van der Waals surface area (Å²) >= 11 is 0. The van der Waals surface area contributed by atoms with E-state index in [-0.39, 0.29) is 29.8 Å². The maximum absolute atomic E-state index is 14.5. The van der Waals surface area contributed by atoms with Gasteiger partial charge < -0.3 is 15.0 Å². The summed E-state index contributed by atoms with van der Waals surface area (Å²) in [7, 11) is -4.17. The van der Waals surface area contributed by atoms with Crippen LogP contribution in [0.1, 0.15) is 37.5 Å². The van der Waals surface area contributed by atoms with Gasteiger partial charge in [-0.25, -0.2) is 8.42 Å². The fraction of sp³-hybridized carbons (Fsp3) is 0.278. The van der Waals surface area contributed by atoms with Gasteiger partial charge in [0.2, 0.25) is 11.8 Å². The predicted octanol–water partition coefficient (Wildman–Crippen LogP) is 5.75. The first-order valence-corrected chi connectivity index (χ1v) is 16.5. The molecule has 236 valence electrons. The van der Waals surface area contributed by atoms with Gasteiger partial charge in [-0.1, -0.05) is 72.8 Å². The number of nitrogens with one attached hydrogen (secondary N) is 1. The Hall–Kier alpha value is -4.63. The summed E-state index contributed by atoms with van der Waals surface area (Å²) < 4.78 is 34.9. The van der Waals surface area contributed by atoms with Gasteiger partial charge in [0.05, 0.1) is 17.2 Å². The number of anilines is 1. The van der Waals surface area contributed by atoms with E-state index in [4.69, 9.17) is 4.74 Å². The largest absolute Gasteiger partial charge is 0.494 e. The SMILES string of the molecule is CCOc1ccc(N(CC(=O)N(Cc2ccccc2C)C(Cc2ccccc2)C(=O)NC(C)C)S(=O)(=O)c2ccccc2)cc1. The fourth-order valence-corrected chi connectivity index (χ4v) is 6.46. The van der Waals surface area contributed by atoms with E-state index >= 15 is 0 Å². The van der Waals surface area contributed by atoms with Crippen LogP contribution in [0.15, 0.2) is 114 Å². The molecular weight excluding hydrogens is 586 g/mol. The molecule has 0 radical (unpaired) electrons. The number of carbonyl (C=O) groups is 2. The Labute approximate surface area is 266 Å². The first kappa shape index (κ1) is 33.3. The van der Waals surface area contributed by atoms with Crippen LogP contribution in [-0.2, 0) is 32.6 Å². The Morgan fingerprint density at radius 3 is 2.02 bits per heavy atom. The summed E-state index contributed by atoms with van der Waals surface area (Å²) in [4.78, 5) is 29.9. The molecule has 0 saturated carbocycles. The summed E-state index contributed by atoms with van der Waals surface area (Å²) in [6.07, 6.45) is 0.255. The quantitative estimate of drug-likeness (QED) is 0.192. The monoisotopic (exact) mass is 627 g/mol. The molecule has 1 N–H and O–H groups in total. The normalized spacial score (nSPS) is 11.9. The van der Waals surface area contributed by atoms with Crippen molar-refractivity contribution in [1.29, 1.82) is 0 Å². The van der Waals surface area contributed by atoms with Crippen molar-refractivity contribution in [2.75, 3.05) is 17.5 Å². The molecule has 1 atom stereocenters. The van der Waals surface area contributed by atoms with Crippen molar-refractivity contribution < 1.29 is 22.7 Å². The van der Waals surface area contributed by atoms with Gasteiger partial charge in [-0.3, -0.25) is 13.9 Å². The molecule has 4 aromatic carbocycles. The lowest BCUT2D eigenvalue weighted by atomic mass is 10.0. The zero-order valence-electron chi connectivity index (χ0n) is 26.2. The third-order valence-electron chi connectivity index (χ3n) is 7.35. The average Bonchev–Trinajstić information content (AvgIpc) is 3.03. The predicted molar refractivity (Wildman–Crippen MR) is 178 cm³/mol. The van der Waals surface area contributed by atoms with Crippen LogP contribution in [0.4, 0.5) is 5.69 Å². The molecule has 45 heavy (non-hydrogen) atoms. The second kappa shape index (κ2) is 15.4. The van der Waals surface area contributed by atoms with Gasteiger partial charge in [-0.05, 0) is 80.8 Å². The first-order chi connectivity index (χ1) is 21.6. The topological polar surface area (TPSA) is 96.0 Å². The third-order valence-corrected chi connectivity index (χ3v) is 9.14. The second-order valence-corrected chi connectivity index (χ2v) is 12.9. The van der Waals surface area contributed by atoms with Gasteiger partial charge in [-0.2, -0.15) is 0 Å². The molecule has 0 saturated heterocycles. The Balaban J connectivity index is 1.80. The molecule has 0 aliphatic carbocycles. The number of nitrogens with zero attached hydrogens (tertiary/aromatic N) is 2. The van der Waals surface area contributed by atoms with Crippen molar-refractivity contribution in [1.82, 2.24) is 10.2 Å². The smallest absolute Gasteiger partial charge is 0.264 e. The lowest BCUT2D eigenvalue weighted by Crippen LogP contribution is -2.54. The molecule has 0 aromatic heterocycles. The zero-order valence-corrected chi connectivity index (χ0v) is 27.0. The van der Waals surface area contributed by atoms with Crippen LogP contribution in [0.3, 0.4) is 0 Å². The third kappa shape index (κ3) is 8.73. The van der Waals surface area contributed by atoms with Crippen LogP contribution in [0, 0.1) is 6.92 Å².